The number of hydrogen-bond acceptors (Lipinski definition) is 3. The summed E-state index contributed by atoms with van der Waals surface area (Å²) in [6, 6.07) is 1.93. The zero-order chi connectivity index (χ0) is 17.2. The first-order valence-corrected chi connectivity index (χ1v) is 8.00. The molecule has 0 spiro atoms. The summed E-state index contributed by atoms with van der Waals surface area (Å²) in [6.07, 6.45) is 2.79. The predicted molar refractivity (Wildman–Crippen MR) is 80.1 cm³/mol. The highest BCUT2D eigenvalue weighted by Crippen LogP contribution is 2.60. The number of hydrogen-bond donors (Lipinski definition) is 3. The van der Waals surface area contributed by atoms with Gasteiger partial charge in [-0.25, -0.2) is 0 Å². The molecule has 3 aliphatic carbocycles. The van der Waals surface area contributed by atoms with Crippen LogP contribution in [0, 0.1) is 17.3 Å². The van der Waals surface area contributed by atoms with Crippen molar-refractivity contribution in [3.05, 3.63) is 29.3 Å². The van der Waals surface area contributed by atoms with Crippen molar-refractivity contribution in [2.24, 2.45) is 17.3 Å². The lowest BCUT2D eigenvalue weighted by atomic mass is 9.55. The third kappa shape index (κ3) is 1.80. The molecule has 21 heavy (non-hydrogen) atoms. The Bertz CT molecular complexity index is 680. The quantitative estimate of drug-likeness (QED) is 0.745. The van der Waals surface area contributed by atoms with E-state index >= 15 is 0 Å². The summed E-state index contributed by atoms with van der Waals surface area (Å²) in [7, 11) is 0. The molecule has 3 nitrogen and oxygen atoms in total. The lowest BCUT2D eigenvalue weighted by Gasteiger charge is -2.49. The fourth-order valence-electron chi connectivity index (χ4n) is 5.38. The Morgan fingerprint density at radius 2 is 2.19 bits per heavy atom. The van der Waals surface area contributed by atoms with Crippen molar-refractivity contribution < 1.29 is 18.1 Å². The van der Waals surface area contributed by atoms with Gasteiger partial charge in [0.1, 0.15) is 5.75 Å². The smallest absolute Gasteiger partial charge is 0.293 e. The first-order chi connectivity index (χ1) is 11.4. The lowest BCUT2D eigenvalue weighted by molar-refractivity contribution is -0.0505. The molecule has 1 aromatic rings. The maximum atomic E-state index is 10.5. The second kappa shape index (κ2) is 4.47. The second-order valence-electron chi connectivity index (χ2n) is 7.41. The van der Waals surface area contributed by atoms with Crippen LogP contribution in [0.5, 0.6) is 5.75 Å². The Morgan fingerprint density at radius 3 is 3.00 bits per heavy atom. The van der Waals surface area contributed by atoms with Crippen molar-refractivity contribution in [3.63, 3.8) is 0 Å². The fourth-order valence-corrected chi connectivity index (χ4v) is 5.38. The zero-order valence-corrected chi connectivity index (χ0v) is 12.3. The molecule has 3 heteroatoms. The summed E-state index contributed by atoms with van der Waals surface area (Å²) in [6.45, 7) is 2.10. The van der Waals surface area contributed by atoms with Gasteiger partial charge >= 0.3 is 0 Å². The van der Waals surface area contributed by atoms with Crippen LogP contribution in [0.4, 0.5) is 0 Å². The highest BCUT2D eigenvalue weighted by molar-refractivity contribution is 5.40. The van der Waals surface area contributed by atoms with Crippen LogP contribution in [0.25, 0.3) is 0 Å². The van der Waals surface area contributed by atoms with Crippen molar-refractivity contribution >= 4 is 0 Å². The van der Waals surface area contributed by atoms with Gasteiger partial charge in [-0.2, -0.15) is 0 Å². The second-order valence-corrected chi connectivity index (χ2v) is 7.41. The zero-order valence-electron chi connectivity index (χ0n) is 15.3. The standard InChI is InChI=1S/C18H24O3/c1-18-7-6-13-12-5-3-11(19)8-10(12)2-4-14(13)15(18)9-16(20)17(18)21/h3,5,8,13-17,19-21H,2,4,6-7,9H2,1H3/t13-,14-,15+,16-,17+,18+/m1/s1/i3D,5D/hD. The van der Waals surface area contributed by atoms with E-state index in [1.165, 1.54) is 0 Å². The number of fused-ring (bicyclic) bond motifs is 5. The third-order valence-electron chi connectivity index (χ3n) is 6.50. The number of aliphatic hydroxyl groups is 2. The Balaban J connectivity index is 1.76. The molecule has 0 unspecified atom stereocenters. The maximum Gasteiger partial charge on any atom is 0.293 e. The fraction of sp³-hybridized carbons (Fsp3) is 0.667. The van der Waals surface area contributed by atoms with Crippen LogP contribution < -0.4 is 0 Å². The number of phenols is 1. The molecule has 4 rings (SSSR count). The molecule has 0 bridgehead atoms. The molecule has 3 aliphatic rings. The van der Waals surface area contributed by atoms with E-state index in [-0.39, 0.29) is 35.1 Å². The predicted octanol–water partition coefficient (Wildman–Crippen LogP) is 2.58. The average molecular weight is 291 g/mol. The van der Waals surface area contributed by atoms with Gasteiger partial charge in [0.2, 0.25) is 0 Å². The van der Waals surface area contributed by atoms with Crippen LogP contribution in [0.2, 0.25) is 0 Å². The molecule has 0 radical (unpaired) electrons. The van der Waals surface area contributed by atoms with Crippen molar-refractivity contribution in [3.8, 4) is 5.75 Å². The number of aliphatic hydroxyl groups excluding tert-OH is 2. The summed E-state index contributed by atoms with van der Waals surface area (Å²) in [5.74, 6) is 0.967. The largest absolute Gasteiger partial charge is 0.508 e. The minimum atomic E-state index is -0.661. The van der Waals surface area contributed by atoms with Crippen LogP contribution >= 0.6 is 0 Å². The van der Waals surface area contributed by atoms with Crippen molar-refractivity contribution in [2.45, 2.75) is 57.2 Å². The molecule has 0 saturated heterocycles. The number of aromatic hydroxyl groups is 1. The summed E-state index contributed by atoms with van der Waals surface area (Å²) in [5, 5.41) is 25.2. The average Bonchev–Trinajstić information content (AvgIpc) is 2.81. The summed E-state index contributed by atoms with van der Waals surface area (Å²) < 4.78 is 23.6. The van der Waals surface area contributed by atoms with Gasteiger partial charge in [0.05, 0.1) is 14.9 Å². The molecule has 1 aromatic carbocycles. The number of aryl methyl sites for hydroxylation is 1. The van der Waals surface area contributed by atoms with Gasteiger partial charge in [0.25, 0.3) is 1.43 Å². The summed E-state index contributed by atoms with van der Waals surface area (Å²) in [5.41, 5.74) is 1.73. The monoisotopic (exact) mass is 291 g/mol. The molecule has 2 fully saturated rings. The van der Waals surface area contributed by atoms with E-state index in [9.17, 15) is 10.2 Å². The van der Waals surface area contributed by atoms with Crippen LogP contribution in [0.15, 0.2) is 18.2 Å². The van der Waals surface area contributed by atoms with Gasteiger partial charge < -0.3 is 15.3 Å². The minimum absolute atomic E-state index is 0.00998. The van der Waals surface area contributed by atoms with Crippen LogP contribution in [-0.4, -0.2) is 29.0 Å². The Labute approximate surface area is 129 Å². The van der Waals surface area contributed by atoms with Gasteiger partial charge in [-0.15, -0.1) is 0 Å². The maximum absolute atomic E-state index is 10.5. The van der Waals surface area contributed by atoms with E-state index in [4.69, 9.17) is 4.17 Å². The Kier molecular flexibility index (Phi) is 2.26. The van der Waals surface area contributed by atoms with Crippen LogP contribution in [0.3, 0.4) is 0 Å². The highest BCUT2D eigenvalue weighted by atomic mass is 16.3. The molecule has 0 heterocycles. The SMILES string of the molecule is [2H]Oc1cc2c(c([2H])c1[2H])[C@H]1CC[C@]3(C)[C@@H](O)[C@H](O)C[C@H]3[C@@H]1CC2. The number of phenolic OH excluding ortho intramolecular Hbond substituents is 1. The van der Waals surface area contributed by atoms with Gasteiger partial charge in [-0.05, 0) is 78.5 Å². The molecule has 2 saturated carbocycles. The van der Waals surface area contributed by atoms with E-state index < -0.39 is 12.2 Å². The first kappa shape index (κ1) is 10.6. The molecule has 0 amide bonds. The van der Waals surface area contributed by atoms with Gasteiger partial charge in [0, 0.05) is 0 Å². The van der Waals surface area contributed by atoms with Crippen molar-refractivity contribution in [2.75, 3.05) is 0 Å². The molecule has 3 N–H and O–H groups in total. The topological polar surface area (TPSA) is 60.7 Å². The van der Waals surface area contributed by atoms with E-state index in [1.807, 2.05) is 0 Å². The number of benzene rings is 1. The van der Waals surface area contributed by atoms with Crippen molar-refractivity contribution in [1.82, 2.24) is 0 Å². The van der Waals surface area contributed by atoms with Crippen molar-refractivity contribution in [1.29, 1.82) is 1.43 Å². The van der Waals surface area contributed by atoms with Gasteiger partial charge in [-0.1, -0.05) is 13.0 Å². The minimum Gasteiger partial charge on any atom is -0.508 e. The molecule has 0 aromatic heterocycles. The van der Waals surface area contributed by atoms with Crippen LogP contribution in [0.1, 0.15) is 52.4 Å². The third-order valence-corrected chi connectivity index (χ3v) is 6.50. The van der Waals surface area contributed by atoms with E-state index in [2.05, 4.69) is 12.0 Å². The summed E-state index contributed by atoms with van der Waals surface area (Å²) >= 11 is 0. The number of rotatable bonds is 1. The van der Waals surface area contributed by atoms with Gasteiger partial charge in [0.15, 0.2) is 0 Å². The first-order valence-electron chi connectivity index (χ1n) is 9.41. The normalized spacial score (nSPS) is 46.6. The lowest BCUT2D eigenvalue weighted by Crippen LogP contribution is -2.44. The highest BCUT2D eigenvalue weighted by Gasteiger charge is 2.57. The van der Waals surface area contributed by atoms with E-state index in [0.717, 1.165) is 36.8 Å². The van der Waals surface area contributed by atoms with Crippen LogP contribution in [-0.2, 0) is 6.42 Å². The molecular formula is C18H24O3. The molecule has 114 valence electrons. The molecular weight excluding hydrogens is 264 g/mol. The Morgan fingerprint density at radius 1 is 1.33 bits per heavy atom. The van der Waals surface area contributed by atoms with Gasteiger partial charge in [-0.3, -0.25) is 0 Å². The summed E-state index contributed by atoms with van der Waals surface area (Å²) in [4.78, 5) is 0. The van der Waals surface area contributed by atoms with E-state index in [1.54, 1.807) is 6.07 Å². The molecule has 6 atom stereocenters. The Hall–Kier alpha value is -1.06. The van der Waals surface area contributed by atoms with E-state index in [0.29, 0.717) is 12.3 Å². The molecule has 0 aliphatic heterocycles.